The maximum absolute atomic E-state index is 6.95. The summed E-state index contributed by atoms with van der Waals surface area (Å²) in [4.78, 5) is 0.460. The Morgan fingerprint density at radius 3 is 1.65 bits per heavy atom. The van der Waals surface area contributed by atoms with Crippen LogP contribution in [0.2, 0.25) is 0 Å². The van der Waals surface area contributed by atoms with Crippen molar-refractivity contribution in [2.45, 2.75) is 4.93 Å². The van der Waals surface area contributed by atoms with E-state index in [-0.39, 0.29) is 0 Å². The highest BCUT2D eigenvalue weighted by molar-refractivity contribution is 8.09. The fourth-order valence-corrected chi connectivity index (χ4v) is 5.26. The van der Waals surface area contributed by atoms with Gasteiger partial charge in [0, 0.05) is 16.7 Å². The SMILES string of the molecule is COc1ccc(C2=C(c3ccccc3)SC(c3ccccc3)(c3ccccc3)O2)cc1. The fraction of sp³-hybridized carbons (Fsp3) is 0.0714. The zero-order chi connectivity index (χ0) is 21.1. The van der Waals surface area contributed by atoms with Crippen molar-refractivity contribution in [3.8, 4) is 5.75 Å². The van der Waals surface area contributed by atoms with E-state index in [0.29, 0.717) is 0 Å². The lowest BCUT2D eigenvalue weighted by Gasteiger charge is -2.30. The quantitative estimate of drug-likeness (QED) is 0.339. The average molecular weight is 423 g/mol. The Hall–Kier alpha value is -3.43. The molecule has 0 aliphatic carbocycles. The molecule has 0 N–H and O–H groups in total. The maximum Gasteiger partial charge on any atom is 0.210 e. The number of rotatable bonds is 5. The lowest BCUT2D eigenvalue weighted by Crippen LogP contribution is -2.23. The van der Waals surface area contributed by atoms with Crippen molar-refractivity contribution in [1.82, 2.24) is 0 Å². The first-order chi connectivity index (χ1) is 15.3. The molecule has 0 saturated heterocycles. The van der Waals surface area contributed by atoms with Gasteiger partial charge < -0.3 is 9.47 Å². The molecule has 3 heteroatoms. The molecule has 1 aliphatic heterocycles. The van der Waals surface area contributed by atoms with Crippen molar-refractivity contribution in [1.29, 1.82) is 0 Å². The Bertz CT molecular complexity index is 1140. The molecular weight excluding hydrogens is 400 g/mol. The standard InChI is InChI=1S/C28H22O2S/c1-29-25-19-17-21(18-20-25)26-27(22-11-5-2-6-12-22)31-28(30-26,23-13-7-3-8-14-23)24-15-9-4-10-16-24/h2-20H,1H3. The van der Waals surface area contributed by atoms with E-state index in [9.17, 15) is 0 Å². The second kappa shape index (κ2) is 8.37. The van der Waals surface area contributed by atoms with Gasteiger partial charge in [-0.15, -0.1) is 0 Å². The van der Waals surface area contributed by atoms with Gasteiger partial charge in [0.1, 0.15) is 11.5 Å². The van der Waals surface area contributed by atoms with Crippen molar-refractivity contribution in [2.24, 2.45) is 0 Å². The number of thioether (sulfide) groups is 1. The Labute approximate surface area is 187 Å². The Morgan fingerprint density at radius 1 is 0.613 bits per heavy atom. The van der Waals surface area contributed by atoms with Gasteiger partial charge >= 0.3 is 0 Å². The molecule has 1 heterocycles. The summed E-state index contributed by atoms with van der Waals surface area (Å²) in [7, 11) is 1.68. The molecule has 0 amide bonds. The molecule has 0 bridgehead atoms. The third-order valence-corrected chi connectivity index (χ3v) is 6.86. The van der Waals surface area contributed by atoms with E-state index < -0.39 is 4.93 Å². The van der Waals surface area contributed by atoms with Gasteiger partial charge in [0.25, 0.3) is 0 Å². The molecule has 0 aromatic heterocycles. The van der Waals surface area contributed by atoms with Gasteiger partial charge in [-0.1, -0.05) is 103 Å². The predicted molar refractivity (Wildman–Crippen MR) is 129 cm³/mol. The van der Waals surface area contributed by atoms with Gasteiger partial charge in [-0.25, -0.2) is 0 Å². The molecule has 5 rings (SSSR count). The molecule has 4 aromatic rings. The Balaban J connectivity index is 1.70. The fourth-order valence-electron chi connectivity index (χ4n) is 3.83. The zero-order valence-corrected chi connectivity index (χ0v) is 18.0. The first-order valence-electron chi connectivity index (χ1n) is 10.2. The van der Waals surface area contributed by atoms with E-state index in [1.54, 1.807) is 18.9 Å². The summed E-state index contributed by atoms with van der Waals surface area (Å²) < 4.78 is 12.3. The van der Waals surface area contributed by atoms with Crippen LogP contribution >= 0.6 is 11.8 Å². The minimum Gasteiger partial charge on any atom is -0.497 e. The molecule has 0 unspecified atom stereocenters. The Kier molecular flexibility index (Phi) is 5.27. The minimum atomic E-state index is -0.664. The van der Waals surface area contributed by atoms with Crippen molar-refractivity contribution < 1.29 is 9.47 Å². The molecule has 152 valence electrons. The summed E-state index contributed by atoms with van der Waals surface area (Å²) >= 11 is 1.76. The van der Waals surface area contributed by atoms with Crippen LogP contribution in [0.5, 0.6) is 5.75 Å². The number of ether oxygens (including phenoxy) is 2. The molecule has 0 saturated carbocycles. The summed E-state index contributed by atoms with van der Waals surface area (Å²) in [6.45, 7) is 0. The summed E-state index contributed by atoms with van der Waals surface area (Å²) in [5.74, 6) is 1.71. The van der Waals surface area contributed by atoms with Crippen LogP contribution in [0, 0.1) is 0 Å². The lowest BCUT2D eigenvalue weighted by atomic mass is 10.00. The zero-order valence-electron chi connectivity index (χ0n) is 17.2. The second-order valence-electron chi connectivity index (χ2n) is 7.31. The molecule has 2 nitrogen and oxygen atoms in total. The van der Waals surface area contributed by atoms with E-state index in [4.69, 9.17) is 9.47 Å². The normalized spacial score (nSPS) is 14.9. The van der Waals surface area contributed by atoms with Crippen LogP contribution in [0.15, 0.2) is 115 Å². The van der Waals surface area contributed by atoms with Crippen LogP contribution in [-0.2, 0) is 9.67 Å². The van der Waals surface area contributed by atoms with Crippen LogP contribution in [0.25, 0.3) is 10.7 Å². The molecule has 0 spiro atoms. The highest BCUT2D eigenvalue weighted by Crippen LogP contribution is 2.59. The first-order valence-corrected chi connectivity index (χ1v) is 11.0. The van der Waals surface area contributed by atoms with E-state index in [2.05, 4.69) is 84.9 Å². The van der Waals surface area contributed by atoms with Crippen LogP contribution < -0.4 is 4.74 Å². The van der Waals surface area contributed by atoms with Crippen LogP contribution in [0.3, 0.4) is 0 Å². The van der Waals surface area contributed by atoms with Crippen molar-refractivity contribution >= 4 is 22.4 Å². The van der Waals surface area contributed by atoms with Gasteiger partial charge in [0.05, 0.1) is 12.0 Å². The van der Waals surface area contributed by atoms with Gasteiger partial charge in [0.15, 0.2) is 0 Å². The van der Waals surface area contributed by atoms with Gasteiger partial charge in [0.2, 0.25) is 4.93 Å². The largest absolute Gasteiger partial charge is 0.497 e. The topological polar surface area (TPSA) is 18.5 Å². The van der Waals surface area contributed by atoms with Crippen molar-refractivity contribution in [3.63, 3.8) is 0 Å². The summed E-state index contributed by atoms with van der Waals surface area (Å²) in [6.07, 6.45) is 0. The van der Waals surface area contributed by atoms with Crippen molar-refractivity contribution in [3.05, 3.63) is 138 Å². The lowest BCUT2D eigenvalue weighted by molar-refractivity contribution is 0.180. The van der Waals surface area contributed by atoms with Gasteiger partial charge in [-0.3, -0.25) is 0 Å². The molecule has 31 heavy (non-hydrogen) atoms. The number of methoxy groups -OCH3 is 1. The molecule has 0 fully saturated rings. The highest BCUT2D eigenvalue weighted by atomic mass is 32.2. The summed E-state index contributed by atoms with van der Waals surface area (Å²) in [5.41, 5.74) is 4.40. The number of benzene rings is 4. The Morgan fingerprint density at radius 2 is 1.13 bits per heavy atom. The van der Waals surface area contributed by atoms with Crippen LogP contribution in [0.4, 0.5) is 0 Å². The third kappa shape index (κ3) is 3.62. The third-order valence-electron chi connectivity index (χ3n) is 5.39. The smallest absolute Gasteiger partial charge is 0.210 e. The molecule has 0 radical (unpaired) electrons. The maximum atomic E-state index is 6.95. The second-order valence-corrected chi connectivity index (χ2v) is 8.49. The van der Waals surface area contributed by atoms with Crippen LogP contribution in [0.1, 0.15) is 22.3 Å². The van der Waals surface area contributed by atoms with Gasteiger partial charge in [-0.05, 0) is 29.8 Å². The summed E-state index contributed by atoms with van der Waals surface area (Å²) in [6, 6.07) is 39.4. The molecule has 4 aromatic carbocycles. The minimum absolute atomic E-state index is 0.664. The number of hydrogen-bond donors (Lipinski definition) is 0. The highest BCUT2D eigenvalue weighted by Gasteiger charge is 2.45. The van der Waals surface area contributed by atoms with E-state index in [1.165, 1.54) is 0 Å². The summed E-state index contributed by atoms with van der Waals surface area (Å²) in [5, 5.41) is 0. The molecular formula is C28H22O2S. The average Bonchev–Trinajstić information content (AvgIpc) is 3.28. The molecule has 1 aliphatic rings. The number of hydrogen-bond acceptors (Lipinski definition) is 3. The van der Waals surface area contributed by atoms with E-state index in [0.717, 1.165) is 38.7 Å². The first kappa shape index (κ1) is 19.5. The van der Waals surface area contributed by atoms with Gasteiger partial charge in [-0.2, -0.15) is 0 Å². The predicted octanol–water partition coefficient (Wildman–Crippen LogP) is 7.19. The molecule has 0 atom stereocenters. The van der Waals surface area contributed by atoms with E-state index >= 15 is 0 Å². The van der Waals surface area contributed by atoms with Crippen molar-refractivity contribution in [2.75, 3.05) is 7.11 Å². The van der Waals surface area contributed by atoms with Crippen LogP contribution in [-0.4, -0.2) is 7.11 Å². The van der Waals surface area contributed by atoms with E-state index in [1.807, 2.05) is 30.3 Å². The monoisotopic (exact) mass is 422 g/mol.